The molecule has 0 aliphatic carbocycles. The van der Waals surface area contributed by atoms with Gasteiger partial charge in [0.25, 0.3) is 0 Å². The number of aliphatic hydroxyl groups is 1. The van der Waals surface area contributed by atoms with Crippen LogP contribution in [0.15, 0.2) is 18.2 Å². The fourth-order valence-electron chi connectivity index (χ4n) is 1.72. The van der Waals surface area contributed by atoms with E-state index in [1.165, 1.54) is 11.1 Å². The van der Waals surface area contributed by atoms with Crippen LogP contribution in [0.25, 0.3) is 0 Å². The highest BCUT2D eigenvalue weighted by Gasteiger charge is 2.10. The van der Waals surface area contributed by atoms with Crippen LogP contribution < -0.4 is 10.1 Å². The van der Waals surface area contributed by atoms with Crippen LogP contribution in [0.5, 0.6) is 5.75 Å². The molecule has 0 aliphatic rings. The molecule has 1 aromatic rings. The lowest BCUT2D eigenvalue weighted by molar-refractivity contribution is 0.107. The number of halogens is 2. The fourth-order valence-corrected chi connectivity index (χ4v) is 1.72. The zero-order valence-corrected chi connectivity index (χ0v) is 13.6. The van der Waals surface area contributed by atoms with E-state index in [1.807, 2.05) is 20.0 Å². The smallest absolute Gasteiger partial charge is 0.123 e. The first kappa shape index (κ1) is 20.8. The number of nitrogens with one attached hydrogen (secondary N) is 1. The van der Waals surface area contributed by atoms with E-state index in [0.717, 1.165) is 5.75 Å². The number of hydrogen-bond acceptors (Lipinski definition) is 3. The third-order valence-corrected chi connectivity index (χ3v) is 2.66. The van der Waals surface area contributed by atoms with Crippen molar-refractivity contribution < 1.29 is 9.84 Å². The van der Waals surface area contributed by atoms with E-state index in [0.29, 0.717) is 19.1 Å². The first-order valence-electron chi connectivity index (χ1n) is 6.10. The van der Waals surface area contributed by atoms with Crippen molar-refractivity contribution in [3.63, 3.8) is 0 Å². The van der Waals surface area contributed by atoms with Gasteiger partial charge >= 0.3 is 0 Å². The molecule has 0 aliphatic heterocycles. The highest BCUT2D eigenvalue weighted by Crippen LogP contribution is 2.27. The van der Waals surface area contributed by atoms with Crippen molar-refractivity contribution >= 4 is 24.8 Å². The molecule has 1 atom stereocenters. The number of aliphatic hydroxyl groups excluding tert-OH is 1. The SMILES string of the molecule is CNCC(O)COc1cc(C)ccc1C(C)C.Cl.Cl. The summed E-state index contributed by atoms with van der Waals surface area (Å²) in [6.45, 7) is 7.19. The van der Waals surface area contributed by atoms with E-state index in [9.17, 15) is 5.11 Å². The van der Waals surface area contributed by atoms with Crippen molar-refractivity contribution in [3.05, 3.63) is 29.3 Å². The molecule has 0 bridgehead atoms. The second-order valence-corrected chi connectivity index (χ2v) is 4.72. The molecule has 1 aromatic carbocycles. The van der Waals surface area contributed by atoms with Crippen LogP contribution in [0.1, 0.15) is 30.9 Å². The maximum absolute atomic E-state index is 9.62. The predicted molar refractivity (Wildman–Crippen MR) is 85.2 cm³/mol. The topological polar surface area (TPSA) is 41.5 Å². The van der Waals surface area contributed by atoms with Gasteiger partial charge in [0.15, 0.2) is 0 Å². The molecule has 0 aromatic heterocycles. The van der Waals surface area contributed by atoms with Crippen LogP contribution in [0.2, 0.25) is 0 Å². The van der Waals surface area contributed by atoms with Crippen LogP contribution in [-0.2, 0) is 0 Å². The second kappa shape index (κ2) is 10.3. The summed E-state index contributed by atoms with van der Waals surface area (Å²) in [6, 6.07) is 6.22. The Morgan fingerprint density at radius 3 is 2.42 bits per heavy atom. The highest BCUT2D eigenvalue weighted by molar-refractivity contribution is 5.85. The van der Waals surface area contributed by atoms with Crippen LogP contribution in [-0.4, -0.2) is 31.4 Å². The molecule has 3 nitrogen and oxygen atoms in total. The van der Waals surface area contributed by atoms with Crippen LogP contribution in [0.4, 0.5) is 0 Å². The summed E-state index contributed by atoms with van der Waals surface area (Å²) < 4.78 is 5.70. The number of benzene rings is 1. The molecule has 19 heavy (non-hydrogen) atoms. The van der Waals surface area contributed by atoms with E-state index in [-0.39, 0.29) is 24.8 Å². The number of likely N-dealkylation sites (N-methyl/N-ethyl adjacent to an activating group) is 1. The van der Waals surface area contributed by atoms with E-state index < -0.39 is 6.10 Å². The molecule has 0 spiro atoms. The maximum Gasteiger partial charge on any atom is 0.123 e. The van der Waals surface area contributed by atoms with Gasteiger partial charge in [-0.15, -0.1) is 24.8 Å². The average molecular weight is 310 g/mol. The lowest BCUT2D eigenvalue weighted by Crippen LogP contribution is -2.29. The molecule has 1 unspecified atom stereocenters. The third-order valence-electron chi connectivity index (χ3n) is 2.66. The molecule has 5 heteroatoms. The van der Waals surface area contributed by atoms with Crippen LogP contribution in [0.3, 0.4) is 0 Å². The fraction of sp³-hybridized carbons (Fsp3) is 0.571. The van der Waals surface area contributed by atoms with Gasteiger partial charge in [0.1, 0.15) is 18.5 Å². The summed E-state index contributed by atoms with van der Waals surface area (Å²) in [6.07, 6.45) is -0.472. The van der Waals surface area contributed by atoms with E-state index in [1.54, 1.807) is 0 Å². The molecule has 0 saturated heterocycles. The highest BCUT2D eigenvalue weighted by atomic mass is 35.5. The molecule has 2 N–H and O–H groups in total. The van der Waals surface area contributed by atoms with Crippen molar-refractivity contribution in [1.29, 1.82) is 0 Å². The molecule has 0 amide bonds. The summed E-state index contributed by atoms with van der Waals surface area (Å²) in [5, 5.41) is 12.5. The zero-order valence-electron chi connectivity index (χ0n) is 12.0. The van der Waals surface area contributed by atoms with Crippen LogP contribution >= 0.6 is 24.8 Å². The number of hydrogen-bond donors (Lipinski definition) is 2. The van der Waals surface area contributed by atoms with Gasteiger partial charge < -0.3 is 15.2 Å². The summed E-state index contributed by atoms with van der Waals surface area (Å²) in [4.78, 5) is 0. The average Bonchev–Trinajstić information content (AvgIpc) is 2.26. The Kier molecular flexibility index (Phi) is 11.3. The van der Waals surface area contributed by atoms with Crippen LogP contribution in [0, 0.1) is 6.92 Å². The van der Waals surface area contributed by atoms with Crippen molar-refractivity contribution in [2.45, 2.75) is 32.8 Å². The minimum absolute atomic E-state index is 0. The molecular formula is C14H25Cl2NO2. The summed E-state index contributed by atoms with van der Waals surface area (Å²) in [7, 11) is 1.81. The normalized spacial score (nSPS) is 11.5. The van der Waals surface area contributed by atoms with E-state index in [2.05, 4.69) is 31.3 Å². The Bertz CT molecular complexity index is 359. The molecule has 0 saturated carbocycles. The first-order chi connectivity index (χ1) is 8.04. The quantitative estimate of drug-likeness (QED) is 0.849. The Morgan fingerprint density at radius 1 is 1.26 bits per heavy atom. The van der Waals surface area contributed by atoms with Gasteiger partial charge in [-0.1, -0.05) is 26.0 Å². The molecular weight excluding hydrogens is 285 g/mol. The molecule has 0 fully saturated rings. The van der Waals surface area contributed by atoms with Crippen molar-refractivity contribution in [2.24, 2.45) is 0 Å². The largest absolute Gasteiger partial charge is 0.491 e. The van der Waals surface area contributed by atoms with Gasteiger partial charge in [0, 0.05) is 6.54 Å². The van der Waals surface area contributed by atoms with Gasteiger partial charge in [0.05, 0.1) is 0 Å². The minimum Gasteiger partial charge on any atom is -0.491 e. The van der Waals surface area contributed by atoms with Gasteiger partial charge in [-0.25, -0.2) is 0 Å². The predicted octanol–water partition coefficient (Wildman–Crippen LogP) is 2.92. The molecule has 0 heterocycles. The van der Waals surface area contributed by atoms with Crippen molar-refractivity contribution in [2.75, 3.05) is 20.2 Å². The Labute approximate surface area is 128 Å². The van der Waals surface area contributed by atoms with Gasteiger partial charge in [-0.2, -0.15) is 0 Å². The Hall–Kier alpha value is -0.480. The standard InChI is InChI=1S/C14H23NO2.2ClH/c1-10(2)13-6-5-11(3)7-14(13)17-9-12(16)8-15-4;;/h5-7,10,12,15-16H,8-9H2,1-4H3;2*1H. The molecule has 0 radical (unpaired) electrons. The second-order valence-electron chi connectivity index (χ2n) is 4.72. The minimum atomic E-state index is -0.472. The number of ether oxygens (including phenoxy) is 1. The number of aryl methyl sites for hydroxylation is 1. The first-order valence-corrected chi connectivity index (χ1v) is 6.10. The lowest BCUT2D eigenvalue weighted by Gasteiger charge is -2.17. The third kappa shape index (κ3) is 7.02. The number of rotatable bonds is 6. The maximum atomic E-state index is 9.62. The summed E-state index contributed by atoms with van der Waals surface area (Å²) >= 11 is 0. The zero-order chi connectivity index (χ0) is 12.8. The van der Waals surface area contributed by atoms with Crippen molar-refractivity contribution in [3.8, 4) is 5.75 Å². The monoisotopic (exact) mass is 309 g/mol. The Balaban J connectivity index is 0. The molecule has 1 rings (SSSR count). The van der Waals surface area contributed by atoms with E-state index >= 15 is 0 Å². The van der Waals surface area contributed by atoms with E-state index in [4.69, 9.17) is 4.74 Å². The summed E-state index contributed by atoms with van der Waals surface area (Å²) in [5.41, 5.74) is 2.36. The lowest BCUT2D eigenvalue weighted by atomic mass is 10.0. The molecule has 112 valence electrons. The van der Waals surface area contributed by atoms with Gasteiger partial charge in [-0.05, 0) is 37.1 Å². The Morgan fingerprint density at radius 2 is 1.89 bits per heavy atom. The van der Waals surface area contributed by atoms with Gasteiger partial charge in [0.2, 0.25) is 0 Å². The van der Waals surface area contributed by atoms with Crippen molar-refractivity contribution in [1.82, 2.24) is 5.32 Å². The summed E-state index contributed by atoms with van der Waals surface area (Å²) in [5.74, 6) is 1.31. The van der Waals surface area contributed by atoms with Gasteiger partial charge in [-0.3, -0.25) is 0 Å².